The maximum atomic E-state index is 13.1. The van der Waals surface area contributed by atoms with E-state index in [1.165, 1.54) is 12.0 Å². The number of methoxy groups -OCH3 is 1. The average molecular weight is 510 g/mol. The fraction of sp³-hybridized carbons (Fsp3) is 0.600. The van der Waals surface area contributed by atoms with Gasteiger partial charge in [0.25, 0.3) is 5.91 Å². The van der Waals surface area contributed by atoms with E-state index in [1.807, 2.05) is 0 Å². The molecule has 0 bridgehead atoms. The number of amides is 4. The zero-order chi connectivity index (χ0) is 26.1. The zero-order valence-corrected chi connectivity index (χ0v) is 20.2. The van der Waals surface area contributed by atoms with E-state index in [2.05, 4.69) is 5.32 Å². The highest BCUT2D eigenvalue weighted by molar-refractivity contribution is 6.14. The Balaban J connectivity index is 1.63. The van der Waals surface area contributed by atoms with Crippen molar-refractivity contribution in [3.63, 3.8) is 0 Å². The van der Waals surface area contributed by atoms with Crippen molar-refractivity contribution in [1.82, 2.24) is 10.2 Å². The standard InChI is InChI=1S/C25H30F3N3O5/c1-36-19(32)7-12-24(10-3-2-4-11-24)20-21(33)29-23(35)31(20)18-6-5-16-8-13-30(14-9-17(16)15-18)22(34)25(26,27)28/h5-6,15,20H,2-4,7-14H2,1H3,(H,29,33,35). The summed E-state index contributed by atoms with van der Waals surface area (Å²) in [5.41, 5.74) is 1.42. The van der Waals surface area contributed by atoms with Crippen LogP contribution in [0.1, 0.15) is 56.1 Å². The number of nitrogens with zero attached hydrogens (tertiary/aromatic N) is 2. The van der Waals surface area contributed by atoms with Crippen LogP contribution in [-0.2, 0) is 32.0 Å². The molecule has 0 aromatic heterocycles. The van der Waals surface area contributed by atoms with E-state index in [1.54, 1.807) is 18.2 Å². The molecule has 4 rings (SSSR count). The summed E-state index contributed by atoms with van der Waals surface area (Å²) < 4.78 is 43.6. The number of fused-ring (bicyclic) bond motifs is 1. The Labute approximate surface area is 207 Å². The predicted octanol–water partition coefficient (Wildman–Crippen LogP) is 3.50. The lowest BCUT2D eigenvalue weighted by Crippen LogP contribution is -2.50. The van der Waals surface area contributed by atoms with Gasteiger partial charge in [-0.15, -0.1) is 0 Å². The third-order valence-electron chi connectivity index (χ3n) is 7.74. The SMILES string of the molecule is COC(=O)CCC1(C2C(=O)NC(=O)N2c2ccc3c(c2)CCN(C(=O)C(F)(F)F)CC3)CCCCC1. The van der Waals surface area contributed by atoms with Gasteiger partial charge in [-0.3, -0.25) is 24.6 Å². The number of rotatable bonds is 5. The van der Waals surface area contributed by atoms with E-state index in [0.29, 0.717) is 24.9 Å². The molecule has 1 aromatic rings. The number of ether oxygens (including phenoxy) is 1. The molecule has 2 heterocycles. The zero-order valence-electron chi connectivity index (χ0n) is 20.2. The van der Waals surface area contributed by atoms with E-state index in [4.69, 9.17) is 4.74 Å². The molecule has 1 aromatic carbocycles. The van der Waals surface area contributed by atoms with Crippen LogP contribution >= 0.6 is 0 Å². The second kappa shape index (κ2) is 10.1. The number of imide groups is 1. The van der Waals surface area contributed by atoms with Crippen molar-refractivity contribution >= 4 is 29.5 Å². The van der Waals surface area contributed by atoms with Gasteiger partial charge < -0.3 is 9.64 Å². The molecule has 1 N–H and O–H groups in total. The van der Waals surface area contributed by atoms with Crippen LogP contribution in [0.4, 0.5) is 23.7 Å². The van der Waals surface area contributed by atoms with Crippen molar-refractivity contribution < 1.29 is 37.1 Å². The van der Waals surface area contributed by atoms with Gasteiger partial charge in [0, 0.05) is 30.6 Å². The van der Waals surface area contributed by atoms with Crippen LogP contribution in [0.25, 0.3) is 0 Å². The van der Waals surface area contributed by atoms with Crippen molar-refractivity contribution in [2.45, 2.75) is 70.0 Å². The molecule has 0 spiro atoms. The molecular weight excluding hydrogens is 479 g/mol. The van der Waals surface area contributed by atoms with Crippen LogP contribution in [0.5, 0.6) is 0 Å². The molecule has 36 heavy (non-hydrogen) atoms. The number of alkyl halides is 3. The molecule has 2 fully saturated rings. The van der Waals surface area contributed by atoms with E-state index in [0.717, 1.165) is 35.3 Å². The Bertz CT molecular complexity index is 1050. The summed E-state index contributed by atoms with van der Waals surface area (Å²) in [4.78, 5) is 52.0. The largest absolute Gasteiger partial charge is 0.471 e. The summed E-state index contributed by atoms with van der Waals surface area (Å²) >= 11 is 0. The lowest BCUT2D eigenvalue weighted by molar-refractivity contribution is -0.185. The topological polar surface area (TPSA) is 96.0 Å². The summed E-state index contributed by atoms with van der Waals surface area (Å²) in [6.07, 6.45) is 0.199. The smallest absolute Gasteiger partial charge is 0.469 e. The van der Waals surface area contributed by atoms with Crippen LogP contribution in [0.15, 0.2) is 18.2 Å². The Morgan fingerprint density at radius 2 is 1.75 bits per heavy atom. The molecule has 1 saturated heterocycles. The second-order valence-electron chi connectivity index (χ2n) is 9.81. The number of benzene rings is 1. The van der Waals surface area contributed by atoms with Crippen LogP contribution in [0.2, 0.25) is 0 Å². The lowest BCUT2D eigenvalue weighted by atomic mass is 9.66. The van der Waals surface area contributed by atoms with Crippen molar-refractivity contribution in [3.05, 3.63) is 29.3 Å². The van der Waals surface area contributed by atoms with Crippen molar-refractivity contribution in [3.8, 4) is 0 Å². The number of esters is 1. The first-order chi connectivity index (χ1) is 17.1. The maximum Gasteiger partial charge on any atom is 0.471 e. The molecule has 4 amide bonds. The molecule has 0 radical (unpaired) electrons. The van der Waals surface area contributed by atoms with Gasteiger partial charge in [-0.05, 0) is 55.4 Å². The van der Waals surface area contributed by atoms with Crippen molar-refractivity contribution in [2.75, 3.05) is 25.1 Å². The Morgan fingerprint density at radius 3 is 2.39 bits per heavy atom. The highest BCUT2D eigenvalue weighted by atomic mass is 19.4. The summed E-state index contributed by atoms with van der Waals surface area (Å²) in [5.74, 6) is -2.65. The number of carbonyl (C=O) groups is 4. The van der Waals surface area contributed by atoms with Gasteiger partial charge in [-0.2, -0.15) is 13.2 Å². The second-order valence-corrected chi connectivity index (χ2v) is 9.81. The third kappa shape index (κ3) is 5.05. The highest BCUT2D eigenvalue weighted by Gasteiger charge is 2.53. The summed E-state index contributed by atoms with van der Waals surface area (Å²) in [7, 11) is 1.31. The number of halogens is 3. The maximum absolute atomic E-state index is 13.1. The first-order valence-corrected chi connectivity index (χ1v) is 12.2. The molecule has 1 saturated carbocycles. The predicted molar refractivity (Wildman–Crippen MR) is 123 cm³/mol. The van der Waals surface area contributed by atoms with Crippen LogP contribution < -0.4 is 10.2 Å². The lowest BCUT2D eigenvalue weighted by Gasteiger charge is -2.43. The highest BCUT2D eigenvalue weighted by Crippen LogP contribution is 2.47. The normalized spacial score (nSPS) is 22.1. The van der Waals surface area contributed by atoms with Gasteiger partial charge in [-0.25, -0.2) is 4.79 Å². The van der Waals surface area contributed by atoms with Gasteiger partial charge in [0.15, 0.2) is 0 Å². The minimum atomic E-state index is -4.93. The molecule has 1 unspecified atom stereocenters. The Kier molecular flexibility index (Phi) is 7.28. The van der Waals surface area contributed by atoms with Gasteiger partial charge in [-0.1, -0.05) is 25.3 Å². The number of urea groups is 1. The average Bonchev–Trinajstić information content (AvgIpc) is 3.02. The van der Waals surface area contributed by atoms with E-state index >= 15 is 0 Å². The van der Waals surface area contributed by atoms with Gasteiger partial charge >= 0.3 is 24.1 Å². The van der Waals surface area contributed by atoms with Crippen LogP contribution in [0, 0.1) is 5.41 Å². The molecule has 3 aliphatic rings. The van der Waals surface area contributed by atoms with E-state index in [-0.39, 0.29) is 38.3 Å². The fourth-order valence-corrected chi connectivity index (χ4v) is 5.90. The number of anilines is 1. The monoisotopic (exact) mass is 509 g/mol. The molecular formula is C25H30F3N3O5. The molecule has 1 atom stereocenters. The molecule has 8 nitrogen and oxygen atoms in total. The van der Waals surface area contributed by atoms with Gasteiger partial charge in [0.1, 0.15) is 6.04 Å². The first kappa shape index (κ1) is 26.0. The minimum absolute atomic E-state index is 0.0490. The summed E-state index contributed by atoms with van der Waals surface area (Å²) in [5, 5.41) is 2.42. The number of hydrogen-bond acceptors (Lipinski definition) is 5. The summed E-state index contributed by atoms with van der Waals surface area (Å²) in [6.45, 7) is -0.140. The number of hydrogen-bond donors (Lipinski definition) is 1. The third-order valence-corrected chi connectivity index (χ3v) is 7.74. The van der Waals surface area contributed by atoms with Crippen LogP contribution in [-0.4, -0.2) is 61.1 Å². The minimum Gasteiger partial charge on any atom is -0.469 e. The molecule has 196 valence electrons. The number of nitrogens with one attached hydrogen (secondary N) is 1. The van der Waals surface area contributed by atoms with E-state index in [9.17, 15) is 32.3 Å². The molecule has 1 aliphatic carbocycles. The first-order valence-electron chi connectivity index (χ1n) is 12.2. The van der Waals surface area contributed by atoms with Gasteiger partial charge in [0.2, 0.25) is 0 Å². The van der Waals surface area contributed by atoms with Crippen molar-refractivity contribution in [1.29, 1.82) is 0 Å². The molecule has 2 aliphatic heterocycles. The Hall–Kier alpha value is -3.11. The quantitative estimate of drug-likeness (QED) is 0.484. The number of carbonyl (C=O) groups excluding carboxylic acids is 4. The van der Waals surface area contributed by atoms with E-state index < -0.39 is 35.5 Å². The summed E-state index contributed by atoms with van der Waals surface area (Å²) in [6, 6.07) is 3.82. The Morgan fingerprint density at radius 1 is 1.08 bits per heavy atom. The van der Waals surface area contributed by atoms with Gasteiger partial charge in [0.05, 0.1) is 7.11 Å². The fourth-order valence-electron chi connectivity index (χ4n) is 5.90. The molecule has 11 heteroatoms. The van der Waals surface area contributed by atoms with Crippen molar-refractivity contribution in [2.24, 2.45) is 5.41 Å². The van der Waals surface area contributed by atoms with Crippen LogP contribution in [0.3, 0.4) is 0 Å².